The minimum absolute atomic E-state index is 0.169. The lowest BCUT2D eigenvalue weighted by Crippen LogP contribution is -2.53. The van der Waals surface area contributed by atoms with Gasteiger partial charge in [0.15, 0.2) is 5.69 Å². The van der Waals surface area contributed by atoms with E-state index in [1.54, 1.807) is 49.1 Å². The van der Waals surface area contributed by atoms with Crippen molar-refractivity contribution in [2.45, 2.75) is 38.8 Å². The summed E-state index contributed by atoms with van der Waals surface area (Å²) in [4.78, 5) is 26.8. The van der Waals surface area contributed by atoms with Crippen LogP contribution in [0.25, 0.3) is 0 Å². The van der Waals surface area contributed by atoms with E-state index in [0.29, 0.717) is 24.2 Å². The van der Waals surface area contributed by atoms with Gasteiger partial charge in [-0.1, -0.05) is 18.2 Å². The van der Waals surface area contributed by atoms with Gasteiger partial charge < -0.3 is 10.2 Å². The van der Waals surface area contributed by atoms with Crippen molar-refractivity contribution in [3.05, 3.63) is 59.2 Å². The Labute approximate surface area is 151 Å². The molecule has 2 unspecified atom stereocenters. The van der Waals surface area contributed by atoms with Crippen molar-refractivity contribution in [1.82, 2.24) is 20.4 Å². The van der Waals surface area contributed by atoms with E-state index in [1.165, 1.54) is 6.07 Å². The predicted molar refractivity (Wildman–Crippen MR) is 93.8 cm³/mol. The lowest BCUT2D eigenvalue weighted by Gasteiger charge is -2.37. The van der Waals surface area contributed by atoms with E-state index in [4.69, 9.17) is 0 Å². The van der Waals surface area contributed by atoms with Crippen LogP contribution in [0.3, 0.4) is 0 Å². The Balaban J connectivity index is 1.72. The van der Waals surface area contributed by atoms with Crippen molar-refractivity contribution in [2.24, 2.45) is 0 Å². The van der Waals surface area contributed by atoms with E-state index in [2.05, 4.69) is 15.5 Å². The molecule has 2 amide bonds. The fourth-order valence-corrected chi connectivity index (χ4v) is 3.15. The standard InChI is InChI=1S/C19H21FN4O2/c1-12-9-10-16(23-22-12)18(25)21-17-8-5-11-24(19(17)26)13(2)14-6-3-4-7-15(14)20/h3-4,6-7,9-10,13,17H,5,8,11H2,1-2H3,(H,21,25). The number of amides is 2. The number of likely N-dealkylation sites (tertiary alicyclic amines) is 1. The van der Waals surface area contributed by atoms with Gasteiger partial charge in [0.25, 0.3) is 5.91 Å². The summed E-state index contributed by atoms with van der Waals surface area (Å²) in [6, 6.07) is 8.65. The first-order valence-electron chi connectivity index (χ1n) is 8.63. The van der Waals surface area contributed by atoms with Crippen LogP contribution in [-0.4, -0.2) is 39.5 Å². The van der Waals surface area contributed by atoms with Gasteiger partial charge in [0.1, 0.15) is 11.9 Å². The van der Waals surface area contributed by atoms with Crippen LogP contribution in [0, 0.1) is 12.7 Å². The van der Waals surface area contributed by atoms with E-state index in [9.17, 15) is 14.0 Å². The molecule has 7 heteroatoms. The van der Waals surface area contributed by atoms with Gasteiger partial charge in [0, 0.05) is 12.1 Å². The third-order valence-electron chi connectivity index (χ3n) is 4.63. The highest BCUT2D eigenvalue weighted by atomic mass is 19.1. The molecule has 1 fully saturated rings. The first kappa shape index (κ1) is 18.0. The Morgan fingerprint density at radius 3 is 2.73 bits per heavy atom. The first-order chi connectivity index (χ1) is 12.5. The Kier molecular flexibility index (Phi) is 5.25. The summed E-state index contributed by atoms with van der Waals surface area (Å²) in [7, 11) is 0. The predicted octanol–water partition coefficient (Wildman–Crippen LogP) is 2.41. The second-order valence-corrected chi connectivity index (χ2v) is 6.46. The van der Waals surface area contributed by atoms with Crippen LogP contribution >= 0.6 is 0 Å². The zero-order chi connectivity index (χ0) is 18.7. The number of nitrogens with one attached hydrogen (secondary N) is 1. The number of aromatic nitrogens is 2. The van der Waals surface area contributed by atoms with Crippen LogP contribution in [0.4, 0.5) is 4.39 Å². The zero-order valence-electron chi connectivity index (χ0n) is 14.8. The fourth-order valence-electron chi connectivity index (χ4n) is 3.15. The molecule has 0 saturated carbocycles. The van der Waals surface area contributed by atoms with Crippen molar-refractivity contribution in [3.8, 4) is 0 Å². The van der Waals surface area contributed by atoms with Gasteiger partial charge in [0.05, 0.1) is 11.7 Å². The molecule has 0 aliphatic carbocycles. The largest absolute Gasteiger partial charge is 0.339 e. The smallest absolute Gasteiger partial charge is 0.272 e. The topological polar surface area (TPSA) is 75.2 Å². The van der Waals surface area contributed by atoms with Crippen LogP contribution < -0.4 is 5.32 Å². The monoisotopic (exact) mass is 356 g/mol. The molecule has 136 valence electrons. The average Bonchev–Trinajstić information content (AvgIpc) is 2.64. The molecular weight excluding hydrogens is 335 g/mol. The maximum Gasteiger partial charge on any atom is 0.272 e. The minimum atomic E-state index is -0.645. The third kappa shape index (κ3) is 3.71. The summed E-state index contributed by atoms with van der Waals surface area (Å²) in [6.07, 6.45) is 1.28. The van der Waals surface area contributed by atoms with E-state index >= 15 is 0 Å². The number of carbonyl (C=O) groups excluding carboxylic acids is 2. The molecule has 0 radical (unpaired) electrons. The van der Waals surface area contributed by atoms with Crippen molar-refractivity contribution >= 4 is 11.8 Å². The summed E-state index contributed by atoms with van der Waals surface area (Å²) < 4.78 is 14.1. The van der Waals surface area contributed by atoms with Crippen LogP contribution in [-0.2, 0) is 4.79 Å². The van der Waals surface area contributed by atoms with Gasteiger partial charge in [0.2, 0.25) is 5.91 Å². The molecular formula is C19H21FN4O2. The van der Waals surface area contributed by atoms with E-state index in [-0.39, 0.29) is 17.4 Å². The number of rotatable bonds is 4. The minimum Gasteiger partial charge on any atom is -0.339 e. The summed E-state index contributed by atoms with van der Waals surface area (Å²) >= 11 is 0. The Morgan fingerprint density at radius 2 is 2.04 bits per heavy atom. The highest BCUT2D eigenvalue weighted by Crippen LogP contribution is 2.27. The number of nitrogens with zero attached hydrogens (tertiary/aromatic N) is 3. The lowest BCUT2D eigenvalue weighted by molar-refractivity contribution is -0.138. The van der Waals surface area contributed by atoms with E-state index in [1.807, 2.05) is 0 Å². The summed E-state index contributed by atoms with van der Waals surface area (Å²) in [5.74, 6) is -0.981. The number of hydrogen-bond donors (Lipinski definition) is 1. The molecule has 1 saturated heterocycles. The summed E-state index contributed by atoms with van der Waals surface area (Å²) in [5, 5.41) is 10.4. The molecule has 2 heterocycles. The molecule has 2 aromatic rings. The molecule has 1 aromatic heterocycles. The van der Waals surface area contributed by atoms with E-state index in [0.717, 1.165) is 6.42 Å². The quantitative estimate of drug-likeness (QED) is 0.913. The number of benzene rings is 1. The van der Waals surface area contributed by atoms with Crippen LogP contribution in [0.2, 0.25) is 0 Å². The van der Waals surface area contributed by atoms with Gasteiger partial charge in [-0.3, -0.25) is 9.59 Å². The molecule has 1 aliphatic rings. The average molecular weight is 356 g/mol. The number of hydrogen-bond acceptors (Lipinski definition) is 4. The van der Waals surface area contributed by atoms with Crippen LogP contribution in [0.15, 0.2) is 36.4 Å². The normalized spacial score (nSPS) is 18.5. The number of piperidine rings is 1. The fraction of sp³-hybridized carbons (Fsp3) is 0.368. The van der Waals surface area contributed by atoms with Crippen molar-refractivity contribution in [1.29, 1.82) is 0 Å². The number of halogens is 1. The molecule has 0 spiro atoms. The SMILES string of the molecule is Cc1ccc(C(=O)NC2CCCN(C(C)c3ccccc3F)C2=O)nn1. The van der Waals surface area contributed by atoms with Gasteiger partial charge in [-0.2, -0.15) is 5.10 Å². The molecule has 6 nitrogen and oxygen atoms in total. The molecule has 1 aromatic carbocycles. The van der Waals surface area contributed by atoms with Gasteiger partial charge in [-0.25, -0.2) is 4.39 Å². The molecule has 1 N–H and O–H groups in total. The highest BCUT2D eigenvalue weighted by molar-refractivity contribution is 5.96. The van der Waals surface area contributed by atoms with Gasteiger partial charge >= 0.3 is 0 Å². The van der Waals surface area contributed by atoms with Crippen molar-refractivity contribution in [2.75, 3.05) is 6.54 Å². The molecule has 26 heavy (non-hydrogen) atoms. The highest BCUT2D eigenvalue weighted by Gasteiger charge is 2.34. The van der Waals surface area contributed by atoms with Crippen LogP contribution in [0.5, 0.6) is 0 Å². The summed E-state index contributed by atoms with van der Waals surface area (Å²) in [6.45, 7) is 4.11. The number of carbonyl (C=O) groups is 2. The first-order valence-corrected chi connectivity index (χ1v) is 8.63. The van der Waals surface area contributed by atoms with Crippen molar-refractivity contribution in [3.63, 3.8) is 0 Å². The van der Waals surface area contributed by atoms with Crippen molar-refractivity contribution < 1.29 is 14.0 Å². The van der Waals surface area contributed by atoms with Crippen LogP contribution in [0.1, 0.15) is 47.6 Å². The third-order valence-corrected chi connectivity index (χ3v) is 4.63. The Bertz CT molecular complexity index is 809. The Hall–Kier alpha value is -2.83. The second-order valence-electron chi connectivity index (χ2n) is 6.46. The molecule has 3 rings (SSSR count). The van der Waals surface area contributed by atoms with Gasteiger partial charge in [-0.15, -0.1) is 5.10 Å². The summed E-state index contributed by atoms with van der Waals surface area (Å²) in [5.41, 5.74) is 1.35. The maximum absolute atomic E-state index is 14.1. The second kappa shape index (κ2) is 7.59. The molecule has 1 aliphatic heterocycles. The maximum atomic E-state index is 14.1. The Morgan fingerprint density at radius 1 is 1.27 bits per heavy atom. The molecule has 2 atom stereocenters. The lowest BCUT2D eigenvalue weighted by atomic mass is 9.99. The zero-order valence-corrected chi connectivity index (χ0v) is 14.8. The van der Waals surface area contributed by atoms with Gasteiger partial charge in [-0.05, 0) is 44.9 Å². The van der Waals surface area contributed by atoms with E-state index < -0.39 is 18.0 Å². The molecule has 0 bridgehead atoms. The number of aryl methyl sites for hydroxylation is 1.